The Labute approximate surface area is 139 Å². The molecular weight excluding hydrogens is 345 g/mol. The van der Waals surface area contributed by atoms with Gasteiger partial charge in [-0.25, -0.2) is 0 Å². The predicted octanol–water partition coefficient (Wildman–Crippen LogP) is 4.12. The molecule has 0 fully saturated rings. The van der Waals surface area contributed by atoms with Crippen LogP contribution < -0.4 is 4.74 Å². The molecule has 0 aliphatic heterocycles. The Hall–Kier alpha value is -1.56. The van der Waals surface area contributed by atoms with Crippen LogP contribution in [0.5, 0.6) is 5.75 Å². The largest absolute Gasteiger partial charge is 0.494 e. The SMILES string of the molecule is COc1c(Cl)cc(/C=N\S(=O)(=O)c2ccc(C)cc2)cc1Cl. The Bertz CT molecular complexity index is 792. The van der Waals surface area contributed by atoms with E-state index in [1.807, 2.05) is 6.92 Å². The second-order valence-corrected chi connectivity index (χ2v) is 6.99. The van der Waals surface area contributed by atoms with Crippen LogP contribution in [0.4, 0.5) is 0 Å². The minimum Gasteiger partial charge on any atom is -0.494 e. The Morgan fingerprint density at radius 3 is 2.14 bits per heavy atom. The van der Waals surface area contributed by atoms with Crippen LogP contribution in [-0.2, 0) is 10.0 Å². The summed E-state index contributed by atoms with van der Waals surface area (Å²) in [4.78, 5) is 0.125. The number of aryl methyl sites for hydroxylation is 1. The van der Waals surface area contributed by atoms with E-state index < -0.39 is 10.0 Å². The van der Waals surface area contributed by atoms with Crippen molar-refractivity contribution in [2.45, 2.75) is 11.8 Å². The quantitative estimate of drug-likeness (QED) is 0.773. The fourth-order valence-electron chi connectivity index (χ4n) is 1.75. The van der Waals surface area contributed by atoms with Crippen LogP contribution in [0.2, 0.25) is 10.0 Å². The van der Waals surface area contributed by atoms with Gasteiger partial charge in [0.25, 0.3) is 10.0 Å². The number of hydrogen-bond acceptors (Lipinski definition) is 3. The van der Waals surface area contributed by atoms with Crippen molar-refractivity contribution < 1.29 is 13.2 Å². The van der Waals surface area contributed by atoms with Crippen LogP contribution >= 0.6 is 23.2 Å². The zero-order valence-electron chi connectivity index (χ0n) is 11.9. The molecule has 0 amide bonds. The molecule has 0 saturated heterocycles. The molecule has 0 saturated carbocycles. The third-order valence-electron chi connectivity index (χ3n) is 2.88. The third kappa shape index (κ3) is 3.80. The Balaban J connectivity index is 2.33. The highest BCUT2D eigenvalue weighted by molar-refractivity contribution is 7.90. The summed E-state index contributed by atoms with van der Waals surface area (Å²) in [7, 11) is -2.32. The molecule has 22 heavy (non-hydrogen) atoms. The van der Waals surface area contributed by atoms with Crippen molar-refractivity contribution in [1.29, 1.82) is 0 Å². The van der Waals surface area contributed by atoms with E-state index >= 15 is 0 Å². The van der Waals surface area contributed by atoms with Gasteiger partial charge in [0.15, 0.2) is 5.75 Å². The highest BCUT2D eigenvalue weighted by Gasteiger charge is 2.12. The molecule has 0 bridgehead atoms. The lowest BCUT2D eigenvalue weighted by molar-refractivity contribution is 0.415. The Morgan fingerprint density at radius 1 is 1.09 bits per heavy atom. The highest BCUT2D eigenvalue weighted by atomic mass is 35.5. The van der Waals surface area contributed by atoms with Gasteiger partial charge in [-0.1, -0.05) is 40.9 Å². The van der Waals surface area contributed by atoms with Gasteiger partial charge in [0, 0.05) is 6.21 Å². The molecule has 2 aromatic rings. The van der Waals surface area contributed by atoms with Gasteiger partial charge in [0.05, 0.1) is 22.1 Å². The van der Waals surface area contributed by atoms with Crippen LogP contribution in [0.1, 0.15) is 11.1 Å². The van der Waals surface area contributed by atoms with Crippen molar-refractivity contribution in [3.8, 4) is 5.75 Å². The summed E-state index contributed by atoms with van der Waals surface area (Å²) in [5.74, 6) is 0.335. The monoisotopic (exact) mass is 357 g/mol. The molecule has 116 valence electrons. The van der Waals surface area contributed by atoms with Crippen molar-refractivity contribution in [3.63, 3.8) is 0 Å². The molecule has 4 nitrogen and oxygen atoms in total. The second kappa shape index (κ2) is 6.69. The topological polar surface area (TPSA) is 55.7 Å². The molecule has 2 rings (SSSR count). The number of methoxy groups -OCH3 is 1. The van der Waals surface area contributed by atoms with Gasteiger partial charge < -0.3 is 4.74 Å². The summed E-state index contributed by atoms with van der Waals surface area (Å²) in [6.45, 7) is 1.88. The van der Waals surface area contributed by atoms with Crippen LogP contribution in [-0.4, -0.2) is 21.7 Å². The van der Waals surface area contributed by atoms with E-state index in [4.69, 9.17) is 27.9 Å². The van der Waals surface area contributed by atoms with Crippen LogP contribution in [0.15, 0.2) is 45.7 Å². The summed E-state index contributed by atoms with van der Waals surface area (Å²) >= 11 is 12.0. The summed E-state index contributed by atoms with van der Waals surface area (Å²) in [5, 5.41) is 0.563. The molecule has 0 radical (unpaired) electrons. The maximum Gasteiger partial charge on any atom is 0.282 e. The van der Waals surface area contributed by atoms with Crippen molar-refractivity contribution in [2.24, 2.45) is 4.40 Å². The fraction of sp³-hybridized carbons (Fsp3) is 0.133. The van der Waals surface area contributed by atoms with E-state index in [9.17, 15) is 8.42 Å². The van der Waals surface area contributed by atoms with E-state index in [0.29, 0.717) is 11.3 Å². The summed E-state index contributed by atoms with van der Waals surface area (Å²) < 4.78 is 32.9. The van der Waals surface area contributed by atoms with E-state index in [2.05, 4.69) is 4.40 Å². The van der Waals surface area contributed by atoms with Crippen LogP contribution in [0.25, 0.3) is 0 Å². The first-order chi connectivity index (χ1) is 10.3. The number of halogens is 2. The zero-order valence-corrected chi connectivity index (χ0v) is 14.2. The second-order valence-electron chi connectivity index (χ2n) is 4.54. The first-order valence-electron chi connectivity index (χ1n) is 6.23. The van der Waals surface area contributed by atoms with Gasteiger partial charge in [0.1, 0.15) is 0 Å². The maximum atomic E-state index is 12.1. The Morgan fingerprint density at radius 2 is 1.64 bits per heavy atom. The minimum absolute atomic E-state index is 0.125. The van der Waals surface area contributed by atoms with Gasteiger partial charge >= 0.3 is 0 Å². The molecule has 2 aromatic carbocycles. The molecule has 0 aromatic heterocycles. The lowest BCUT2D eigenvalue weighted by Gasteiger charge is -2.06. The van der Waals surface area contributed by atoms with Gasteiger partial charge in [-0.15, -0.1) is 0 Å². The van der Waals surface area contributed by atoms with Gasteiger partial charge in [-0.05, 0) is 36.8 Å². The first-order valence-corrected chi connectivity index (χ1v) is 8.43. The van der Waals surface area contributed by atoms with Crippen molar-refractivity contribution >= 4 is 39.4 Å². The smallest absolute Gasteiger partial charge is 0.282 e. The van der Waals surface area contributed by atoms with Gasteiger partial charge in [-0.3, -0.25) is 0 Å². The molecule has 0 spiro atoms. The number of benzene rings is 2. The van der Waals surface area contributed by atoms with Crippen LogP contribution in [0.3, 0.4) is 0 Å². The summed E-state index contributed by atoms with van der Waals surface area (Å²) in [6, 6.07) is 9.50. The zero-order chi connectivity index (χ0) is 16.3. The number of hydrogen-bond donors (Lipinski definition) is 0. The lowest BCUT2D eigenvalue weighted by Crippen LogP contribution is -1.98. The van der Waals surface area contributed by atoms with Gasteiger partial charge in [0.2, 0.25) is 0 Å². The number of nitrogens with zero attached hydrogens (tertiary/aromatic N) is 1. The lowest BCUT2D eigenvalue weighted by atomic mass is 10.2. The predicted molar refractivity (Wildman–Crippen MR) is 89.0 cm³/mol. The Kier molecular flexibility index (Phi) is 5.11. The highest BCUT2D eigenvalue weighted by Crippen LogP contribution is 2.33. The van der Waals surface area contributed by atoms with Crippen LogP contribution in [0, 0.1) is 6.92 Å². The normalized spacial score (nSPS) is 11.8. The van der Waals surface area contributed by atoms with E-state index in [0.717, 1.165) is 5.56 Å². The third-order valence-corrected chi connectivity index (χ3v) is 4.70. The number of sulfonamides is 1. The van der Waals surface area contributed by atoms with E-state index in [1.165, 1.54) is 37.6 Å². The maximum absolute atomic E-state index is 12.1. The number of rotatable bonds is 4. The molecule has 7 heteroatoms. The summed E-state index contributed by atoms with van der Waals surface area (Å²) in [6.07, 6.45) is 1.20. The van der Waals surface area contributed by atoms with Crippen molar-refractivity contribution in [3.05, 3.63) is 57.6 Å². The number of ether oxygens (including phenoxy) is 1. The van der Waals surface area contributed by atoms with Gasteiger partial charge in [-0.2, -0.15) is 12.8 Å². The molecule has 0 heterocycles. The molecule has 0 aliphatic rings. The molecule has 0 unspecified atom stereocenters. The summed E-state index contributed by atoms with van der Waals surface area (Å²) in [5.41, 5.74) is 1.43. The standard InChI is InChI=1S/C15H13Cl2NO3S/c1-10-3-5-12(6-4-10)22(19,20)18-9-11-7-13(16)15(21-2)14(17)8-11/h3-9H,1-2H3/b18-9-. The molecule has 0 N–H and O–H groups in total. The average Bonchev–Trinajstić information content (AvgIpc) is 2.45. The van der Waals surface area contributed by atoms with E-state index in [-0.39, 0.29) is 14.9 Å². The van der Waals surface area contributed by atoms with Crippen molar-refractivity contribution in [2.75, 3.05) is 7.11 Å². The minimum atomic E-state index is -3.76. The molecule has 0 aliphatic carbocycles. The fourth-order valence-corrected chi connectivity index (χ4v) is 3.27. The molecule has 0 atom stereocenters. The van der Waals surface area contributed by atoms with Crippen molar-refractivity contribution in [1.82, 2.24) is 0 Å². The first kappa shape index (κ1) is 16.8. The molecular formula is C15H13Cl2NO3S. The average molecular weight is 358 g/mol. The van der Waals surface area contributed by atoms with E-state index in [1.54, 1.807) is 12.1 Å².